The van der Waals surface area contributed by atoms with Crippen molar-refractivity contribution in [1.29, 1.82) is 0 Å². The molecule has 1 aliphatic rings. The normalized spacial score (nSPS) is 25.9. The van der Waals surface area contributed by atoms with Crippen LogP contribution in [0.3, 0.4) is 0 Å². The van der Waals surface area contributed by atoms with Crippen LogP contribution in [0, 0.1) is 5.92 Å². The molecule has 1 aliphatic heterocycles. The maximum absolute atomic E-state index is 11.6. The Bertz CT molecular complexity index is 209. The van der Waals surface area contributed by atoms with Crippen molar-refractivity contribution in [2.75, 3.05) is 40.4 Å². The van der Waals surface area contributed by atoms with Crippen molar-refractivity contribution in [3.63, 3.8) is 0 Å². The average Bonchev–Trinajstić information content (AvgIpc) is 2.58. The van der Waals surface area contributed by atoms with E-state index in [2.05, 4.69) is 10.2 Å². The molecule has 0 aliphatic carbocycles. The lowest BCUT2D eigenvalue weighted by Crippen LogP contribution is -2.41. The van der Waals surface area contributed by atoms with Gasteiger partial charge in [0.15, 0.2) is 0 Å². The summed E-state index contributed by atoms with van der Waals surface area (Å²) >= 11 is 0. The van der Waals surface area contributed by atoms with E-state index in [9.17, 15) is 4.79 Å². The lowest BCUT2D eigenvalue weighted by Gasteiger charge is -2.14. The molecular weight excluding hydrogens is 194 g/mol. The third-order valence-corrected chi connectivity index (χ3v) is 2.54. The van der Waals surface area contributed by atoms with Crippen molar-refractivity contribution in [3.05, 3.63) is 0 Å². The number of rotatable bonds is 5. The standard InChI is InChI=1S/C10H21N3O2/c1-13(2)5-3-4-12-10(14)8-6-15-7-9(8)11/h8-9H,3-7,11H2,1-2H3,(H,12,14). The van der Waals surface area contributed by atoms with E-state index in [1.54, 1.807) is 0 Å². The lowest BCUT2D eigenvalue weighted by atomic mass is 10.0. The average molecular weight is 215 g/mol. The van der Waals surface area contributed by atoms with E-state index in [0.717, 1.165) is 13.0 Å². The number of carbonyl (C=O) groups excluding carboxylic acids is 1. The summed E-state index contributed by atoms with van der Waals surface area (Å²) in [5.41, 5.74) is 5.74. The lowest BCUT2D eigenvalue weighted by molar-refractivity contribution is -0.125. The van der Waals surface area contributed by atoms with Crippen LogP contribution in [0.2, 0.25) is 0 Å². The Morgan fingerprint density at radius 3 is 2.80 bits per heavy atom. The first-order valence-corrected chi connectivity index (χ1v) is 5.37. The van der Waals surface area contributed by atoms with Gasteiger partial charge in [0.25, 0.3) is 0 Å². The molecule has 1 amide bonds. The molecule has 2 atom stereocenters. The second-order valence-corrected chi connectivity index (χ2v) is 4.26. The first-order chi connectivity index (χ1) is 7.11. The molecule has 1 fully saturated rings. The molecule has 0 spiro atoms. The van der Waals surface area contributed by atoms with Gasteiger partial charge in [-0.3, -0.25) is 4.79 Å². The highest BCUT2D eigenvalue weighted by Crippen LogP contribution is 2.11. The molecule has 0 aromatic carbocycles. The Balaban J connectivity index is 2.13. The highest BCUT2D eigenvalue weighted by Gasteiger charge is 2.30. The Hall–Kier alpha value is -0.650. The van der Waals surface area contributed by atoms with E-state index in [0.29, 0.717) is 19.8 Å². The summed E-state index contributed by atoms with van der Waals surface area (Å²) in [5.74, 6) is -0.136. The number of amides is 1. The molecular formula is C10H21N3O2. The Kier molecular flexibility index (Phi) is 5.01. The Labute approximate surface area is 90.9 Å². The van der Waals surface area contributed by atoms with Gasteiger partial charge in [-0.05, 0) is 27.1 Å². The maximum Gasteiger partial charge on any atom is 0.227 e. The van der Waals surface area contributed by atoms with Gasteiger partial charge in [-0.25, -0.2) is 0 Å². The van der Waals surface area contributed by atoms with E-state index in [1.165, 1.54) is 0 Å². The summed E-state index contributed by atoms with van der Waals surface area (Å²) in [6, 6.07) is -0.140. The molecule has 5 heteroatoms. The topological polar surface area (TPSA) is 67.6 Å². The molecule has 0 aromatic rings. The number of nitrogens with one attached hydrogen (secondary N) is 1. The summed E-state index contributed by atoms with van der Waals surface area (Å²) in [7, 11) is 4.03. The van der Waals surface area contributed by atoms with Crippen molar-refractivity contribution in [1.82, 2.24) is 10.2 Å². The molecule has 5 nitrogen and oxygen atoms in total. The highest BCUT2D eigenvalue weighted by atomic mass is 16.5. The third-order valence-electron chi connectivity index (χ3n) is 2.54. The van der Waals surface area contributed by atoms with Crippen molar-refractivity contribution >= 4 is 5.91 Å². The number of ether oxygens (including phenoxy) is 1. The van der Waals surface area contributed by atoms with Crippen molar-refractivity contribution in [2.24, 2.45) is 11.7 Å². The molecule has 2 unspecified atom stereocenters. The van der Waals surface area contributed by atoms with Crippen molar-refractivity contribution in [2.45, 2.75) is 12.5 Å². The summed E-state index contributed by atoms with van der Waals surface area (Å²) in [4.78, 5) is 13.7. The van der Waals surface area contributed by atoms with Gasteiger partial charge in [0, 0.05) is 12.6 Å². The van der Waals surface area contributed by atoms with Gasteiger partial charge in [0.1, 0.15) is 0 Å². The Morgan fingerprint density at radius 2 is 2.27 bits per heavy atom. The number of nitrogens with two attached hydrogens (primary N) is 1. The molecule has 3 N–H and O–H groups in total. The first kappa shape index (κ1) is 12.4. The minimum absolute atomic E-state index is 0.0266. The van der Waals surface area contributed by atoms with Crippen LogP contribution in [0.15, 0.2) is 0 Å². The summed E-state index contributed by atoms with van der Waals surface area (Å²) < 4.78 is 5.14. The fraction of sp³-hybridized carbons (Fsp3) is 0.900. The van der Waals surface area contributed by atoms with E-state index in [4.69, 9.17) is 10.5 Å². The SMILES string of the molecule is CN(C)CCCNC(=O)C1COCC1N. The second-order valence-electron chi connectivity index (χ2n) is 4.26. The minimum atomic E-state index is -0.163. The van der Waals surface area contributed by atoms with Gasteiger partial charge in [-0.1, -0.05) is 0 Å². The van der Waals surface area contributed by atoms with E-state index >= 15 is 0 Å². The summed E-state index contributed by atoms with van der Waals surface area (Å²) in [6.45, 7) is 2.64. The van der Waals surface area contributed by atoms with E-state index in [1.807, 2.05) is 14.1 Å². The molecule has 1 rings (SSSR count). The monoisotopic (exact) mass is 215 g/mol. The number of hydrogen-bond donors (Lipinski definition) is 2. The zero-order chi connectivity index (χ0) is 11.3. The van der Waals surface area contributed by atoms with Crippen LogP contribution in [0.25, 0.3) is 0 Å². The van der Waals surface area contributed by atoms with Crippen molar-refractivity contribution in [3.8, 4) is 0 Å². The summed E-state index contributed by atoms with van der Waals surface area (Å²) in [5, 5.41) is 2.88. The van der Waals surface area contributed by atoms with Gasteiger partial charge in [0.2, 0.25) is 5.91 Å². The predicted octanol–water partition coefficient (Wildman–Crippen LogP) is -0.972. The Morgan fingerprint density at radius 1 is 1.53 bits per heavy atom. The second kappa shape index (κ2) is 6.05. The predicted molar refractivity (Wildman–Crippen MR) is 58.5 cm³/mol. The van der Waals surface area contributed by atoms with Crippen LogP contribution < -0.4 is 11.1 Å². The van der Waals surface area contributed by atoms with Crippen LogP contribution >= 0.6 is 0 Å². The third kappa shape index (κ3) is 4.15. The van der Waals surface area contributed by atoms with E-state index in [-0.39, 0.29) is 17.9 Å². The van der Waals surface area contributed by atoms with Crippen LogP contribution in [-0.4, -0.2) is 57.2 Å². The number of carbonyl (C=O) groups is 1. The maximum atomic E-state index is 11.6. The number of hydrogen-bond acceptors (Lipinski definition) is 4. The van der Waals surface area contributed by atoms with Crippen LogP contribution in [0.4, 0.5) is 0 Å². The molecule has 88 valence electrons. The zero-order valence-electron chi connectivity index (χ0n) is 9.53. The van der Waals surface area contributed by atoms with Crippen LogP contribution in [0.1, 0.15) is 6.42 Å². The largest absolute Gasteiger partial charge is 0.379 e. The first-order valence-electron chi connectivity index (χ1n) is 5.37. The van der Waals surface area contributed by atoms with Gasteiger partial charge < -0.3 is 20.7 Å². The van der Waals surface area contributed by atoms with Crippen LogP contribution in [-0.2, 0) is 9.53 Å². The molecule has 0 radical (unpaired) electrons. The summed E-state index contributed by atoms with van der Waals surface area (Å²) in [6.07, 6.45) is 0.960. The van der Waals surface area contributed by atoms with Gasteiger partial charge in [-0.2, -0.15) is 0 Å². The van der Waals surface area contributed by atoms with Crippen LogP contribution in [0.5, 0.6) is 0 Å². The molecule has 1 saturated heterocycles. The molecule has 15 heavy (non-hydrogen) atoms. The molecule has 0 saturated carbocycles. The van der Waals surface area contributed by atoms with E-state index < -0.39 is 0 Å². The highest BCUT2D eigenvalue weighted by molar-refractivity contribution is 5.79. The fourth-order valence-corrected chi connectivity index (χ4v) is 1.58. The number of nitrogens with zero attached hydrogens (tertiary/aromatic N) is 1. The van der Waals surface area contributed by atoms with Gasteiger partial charge >= 0.3 is 0 Å². The molecule has 0 aromatic heterocycles. The smallest absolute Gasteiger partial charge is 0.227 e. The fourth-order valence-electron chi connectivity index (χ4n) is 1.58. The minimum Gasteiger partial charge on any atom is -0.379 e. The quantitative estimate of drug-likeness (QED) is 0.579. The molecule has 1 heterocycles. The zero-order valence-corrected chi connectivity index (χ0v) is 9.53. The van der Waals surface area contributed by atoms with Gasteiger partial charge in [0.05, 0.1) is 19.1 Å². The van der Waals surface area contributed by atoms with Gasteiger partial charge in [-0.15, -0.1) is 0 Å². The van der Waals surface area contributed by atoms with Crippen molar-refractivity contribution < 1.29 is 9.53 Å². The molecule has 0 bridgehead atoms.